The van der Waals surface area contributed by atoms with Gasteiger partial charge in [0, 0.05) is 24.8 Å². The Bertz CT molecular complexity index is 639. The molecule has 1 aliphatic heterocycles. The number of aromatic nitrogens is 2. The van der Waals surface area contributed by atoms with Gasteiger partial charge in [0.2, 0.25) is 0 Å². The van der Waals surface area contributed by atoms with E-state index < -0.39 is 0 Å². The van der Waals surface area contributed by atoms with Crippen LogP contribution in [0.2, 0.25) is 0 Å². The van der Waals surface area contributed by atoms with Crippen molar-refractivity contribution in [2.75, 3.05) is 13.2 Å². The normalized spacial score (nSPS) is 18.2. The lowest BCUT2D eigenvalue weighted by molar-refractivity contribution is 0.0881. The molecule has 2 aromatic rings. The average Bonchev–Trinajstić information content (AvgIpc) is 2.85. The highest BCUT2D eigenvalue weighted by atomic mass is 16.6. The molecule has 0 bridgehead atoms. The van der Waals surface area contributed by atoms with E-state index in [0.717, 1.165) is 30.3 Å². The third-order valence-electron chi connectivity index (χ3n) is 4.08. The quantitative estimate of drug-likeness (QED) is 0.921. The third kappa shape index (κ3) is 3.25. The zero-order valence-electron chi connectivity index (χ0n) is 13.4. The Morgan fingerprint density at radius 3 is 2.82 bits per heavy atom. The molecule has 1 aromatic heterocycles. The molecule has 0 radical (unpaired) electrons. The number of fused-ring (bicyclic) bond motifs is 1. The highest BCUT2D eigenvalue weighted by molar-refractivity contribution is 5.40. The second-order valence-electron chi connectivity index (χ2n) is 5.87. The van der Waals surface area contributed by atoms with E-state index in [1.807, 2.05) is 37.5 Å². The molecule has 2 heterocycles. The van der Waals surface area contributed by atoms with Gasteiger partial charge in [0.05, 0.1) is 12.0 Å². The van der Waals surface area contributed by atoms with Crippen molar-refractivity contribution in [3.05, 3.63) is 42.0 Å². The van der Waals surface area contributed by atoms with Gasteiger partial charge in [-0.25, -0.2) is 4.98 Å². The number of aryl methyl sites for hydroxylation is 1. The SMILES string of the molecule is Cc1ncn(C[C@H](C)NC[C@@H]2COc3ccccc3O2)c1C. The molecule has 1 aromatic carbocycles. The van der Waals surface area contributed by atoms with Crippen molar-refractivity contribution < 1.29 is 9.47 Å². The monoisotopic (exact) mass is 301 g/mol. The van der Waals surface area contributed by atoms with Gasteiger partial charge in [-0.05, 0) is 32.9 Å². The van der Waals surface area contributed by atoms with Crippen molar-refractivity contribution in [1.29, 1.82) is 0 Å². The minimum atomic E-state index is 0.0444. The maximum atomic E-state index is 5.95. The van der Waals surface area contributed by atoms with Crippen molar-refractivity contribution in [2.24, 2.45) is 0 Å². The molecule has 0 amide bonds. The molecule has 2 atom stereocenters. The number of hydrogen-bond acceptors (Lipinski definition) is 4. The van der Waals surface area contributed by atoms with E-state index in [0.29, 0.717) is 12.6 Å². The van der Waals surface area contributed by atoms with Gasteiger partial charge in [0.1, 0.15) is 12.7 Å². The summed E-state index contributed by atoms with van der Waals surface area (Å²) in [6.45, 7) is 8.56. The predicted molar refractivity (Wildman–Crippen MR) is 85.5 cm³/mol. The first-order valence-corrected chi connectivity index (χ1v) is 7.73. The Labute approximate surface area is 131 Å². The Morgan fingerprint density at radius 2 is 2.09 bits per heavy atom. The van der Waals surface area contributed by atoms with Crippen LogP contribution >= 0.6 is 0 Å². The summed E-state index contributed by atoms with van der Waals surface area (Å²) >= 11 is 0. The smallest absolute Gasteiger partial charge is 0.161 e. The number of imidazole rings is 1. The van der Waals surface area contributed by atoms with E-state index in [1.54, 1.807) is 0 Å². The van der Waals surface area contributed by atoms with E-state index in [-0.39, 0.29) is 6.10 Å². The molecule has 0 saturated heterocycles. The van der Waals surface area contributed by atoms with Gasteiger partial charge >= 0.3 is 0 Å². The number of rotatable bonds is 5. The van der Waals surface area contributed by atoms with Gasteiger partial charge in [-0.1, -0.05) is 12.1 Å². The number of nitrogens with one attached hydrogen (secondary N) is 1. The van der Waals surface area contributed by atoms with Gasteiger partial charge < -0.3 is 19.4 Å². The summed E-state index contributed by atoms with van der Waals surface area (Å²) in [6, 6.07) is 8.14. The first kappa shape index (κ1) is 14.9. The molecule has 1 aliphatic rings. The summed E-state index contributed by atoms with van der Waals surface area (Å²) in [4.78, 5) is 4.33. The second kappa shape index (κ2) is 6.40. The summed E-state index contributed by atoms with van der Waals surface area (Å²) in [7, 11) is 0. The molecular formula is C17H23N3O2. The summed E-state index contributed by atoms with van der Waals surface area (Å²) < 4.78 is 13.9. The summed E-state index contributed by atoms with van der Waals surface area (Å²) in [5, 5.41) is 3.51. The number of hydrogen-bond donors (Lipinski definition) is 1. The van der Waals surface area contributed by atoms with Gasteiger partial charge in [-0.15, -0.1) is 0 Å². The number of ether oxygens (including phenoxy) is 2. The lowest BCUT2D eigenvalue weighted by Crippen LogP contribution is -2.42. The molecule has 0 fully saturated rings. The van der Waals surface area contributed by atoms with E-state index in [4.69, 9.17) is 9.47 Å². The number of para-hydroxylation sites is 2. The van der Waals surface area contributed by atoms with E-state index in [1.165, 1.54) is 5.69 Å². The summed E-state index contributed by atoms with van der Waals surface area (Å²) in [5.74, 6) is 1.66. The van der Waals surface area contributed by atoms with E-state index >= 15 is 0 Å². The first-order chi connectivity index (χ1) is 10.6. The molecule has 0 spiro atoms. The van der Waals surface area contributed by atoms with Gasteiger partial charge in [0.15, 0.2) is 11.5 Å². The van der Waals surface area contributed by atoms with Crippen LogP contribution in [-0.4, -0.2) is 34.8 Å². The van der Waals surface area contributed by atoms with Crippen LogP contribution in [-0.2, 0) is 6.54 Å². The minimum absolute atomic E-state index is 0.0444. The standard InChI is InChI=1S/C17H23N3O2/c1-12(9-20-11-19-13(2)14(20)3)18-8-15-10-21-16-6-4-5-7-17(16)22-15/h4-7,11-12,15,18H,8-10H2,1-3H3/t12-,15+/m0/s1. The molecule has 0 saturated carbocycles. The molecule has 1 N–H and O–H groups in total. The van der Waals surface area contributed by atoms with Crippen LogP contribution in [0.4, 0.5) is 0 Å². The first-order valence-electron chi connectivity index (χ1n) is 7.73. The minimum Gasteiger partial charge on any atom is -0.486 e. The van der Waals surface area contributed by atoms with Crippen LogP contribution in [0.3, 0.4) is 0 Å². The van der Waals surface area contributed by atoms with E-state index in [9.17, 15) is 0 Å². The Hall–Kier alpha value is -2.01. The average molecular weight is 301 g/mol. The predicted octanol–water partition coefficient (Wildman–Crippen LogP) is 2.32. The van der Waals surface area contributed by atoms with Crippen molar-refractivity contribution >= 4 is 0 Å². The summed E-state index contributed by atoms with van der Waals surface area (Å²) in [6.07, 6.45) is 1.95. The lowest BCUT2D eigenvalue weighted by atomic mass is 10.2. The van der Waals surface area contributed by atoms with Crippen LogP contribution in [0, 0.1) is 13.8 Å². The molecule has 3 rings (SSSR count). The van der Waals surface area contributed by atoms with Crippen molar-refractivity contribution in [3.63, 3.8) is 0 Å². The zero-order chi connectivity index (χ0) is 15.5. The van der Waals surface area contributed by atoms with Crippen LogP contribution in [0.15, 0.2) is 30.6 Å². The molecular weight excluding hydrogens is 278 g/mol. The number of benzene rings is 1. The molecule has 22 heavy (non-hydrogen) atoms. The van der Waals surface area contributed by atoms with Crippen molar-refractivity contribution in [1.82, 2.24) is 14.9 Å². The zero-order valence-corrected chi connectivity index (χ0v) is 13.4. The lowest BCUT2D eigenvalue weighted by Gasteiger charge is -2.27. The number of nitrogens with zero attached hydrogens (tertiary/aromatic N) is 2. The highest BCUT2D eigenvalue weighted by Gasteiger charge is 2.20. The Morgan fingerprint density at radius 1 is 1.32 bits per heavy atom. The van der Waals surface area contributed by atoms with Crippen LogP contribution in [0.5, 0.6) is 11.5 Å². The molecule has 0 aliphatic carbocycles. The van der Waals surface area contributed by atoms with Gasteiger partial charge in [-0.2, -0.15) is 0 Å². The topological polar surface area (TPSA) is 48.3 Å². The van der Waals surface area contributed by atoms with Crippen LogP contribution in [0.1, 0.15) is 18.3 Å². The highest BCUT2D eigenvalue weighted by Crippen LogP contribution is 2.30. The maximum absolute atomic E-state index is 5.95. The van der Waals surface area contributed by atoms with Crippen LogP contribution in [0.25, 0.3) is 0 Å². The molecule has 0 unspecified atom stereocenters. The molecule has 118 valence electrons. The fourth-order valence-electron chi connectivity index (χ4n) is 2.58. The van der Waals surface area contributed by atoms with E-state index in [2.05, 4.69) is 28.7 Å². The Kier molecular flexibility index (Phi) is 4.34. The fraction of sp³-hybridized carbons (Fsp3) is 0.471. The van der Waals surface area contributed by atoms with Gasteiger partial charge in [-0.3, -0.25) is 0 Å². The maximum Gasteiger partial charge on any atom is 0.161 e. The third-order valence-corrected chi connectivity index (χ3v) is 4.08. The summed E-state index contributed by atoms with van der Waals surface area (Å²) in [5.41, 5.74) is 2.31. The fourth-order valence-corrected chi connectivity index (χ4v) is 2.58. The molecule has 5 heteroatoms. The van der Waals surface area contributed by atoms with Gasteiger partial charge in [0.25, 0.3) is 0 Å². The van der Waals surface area contributed by atoms with Crippen molar-refractivity contribution in [2.45, 2.75) is 39.5 Å². The molecule has 5 nitrogen and oxygen atoms in total. The van der Waals surface area contributed by atoms with Crippen molar-refractivity contribution in [3.8, 4) is 11.5 Å². The largest absolute Gasteiger partial charge is 0.486 e. The van der Waals surface area contributed by atoms with Crippen LogP contribution < -0.4 is 14.8 Å². The Balaban J connectivity index is 1.50. The second-order valence-corrected chi connectivity index (χ2v) is 5.87.